The number of amides is 2. The second-order valence-corrected chi connectivity index (χ2v) is 7.57. The van der Waals surface area contributed by atoms with E-state index in [1.807, 2.05) is 31.1 Å². The van der Waals surface area contributed by atoms with Crippen molar-refractivity contribution in [2.45, 2.75) is 18.9 Å². The average Bonchev–Trinajstić information content (AvgIpc) is 3.60. The Bertz CT molecular complexity index is 1080. The lowest BCUT2D eigenvalue weighted by atomic mass is 10.1. The smallest absolute Gasteiger partial charge is 0.349 e. The number of nitrogens with zero attached hydrogens (tertiary/aromatic N) is 2. The van der Waals surface area contributed by atoms with Crippen LogP contribution in [0.15, 0.2) is 54.1 Å². The van der Waals surface area contributed by atoms with Gasteiger partial charge in [0.1, 0.15) is 11.6 Å². The van der Waals surface area contributed by atoms with Crippen molar-refractivity contribution in [1.29, 1.82) is 5.26 Å². The molecule has 0 unspecified atom stereocenters. The number of benzene rings is 2. The number of hydrogen-bond donors (Lipinski definition) is 2. The minimum atomic E-state index is -0.904. The molecular weight excluding hydrogens is 408 g/mol. The Morgan fingerprint density at radius 1 is 1.12 bits per heavy atom. The first-order valence-electron chi connectivity index (χ1n) is 10.1. The first kappa shape index (κ1) is 22.6. The van der Waals surface area contributed by atoms with E-state index in [0.29, 0.717) is 16.8 Å². The monoisotopic (exact) mass is 432 g/mol. The normalized spacial score (nSPS) is 13.0. The van der Waals surface area contributed by atoms with Gasteiger partial charge in [0.15, 0.2) is 6.61 Å². The van der Waals surface area contributed by atoms with Gasteiger partial charge in [-0.2, -0.15) is 5.26 Å². The van der Waals surface area contributed by atoms with E-state index in [1.165, 1.54) is 6.08 Å². The summed E-state index contributed by atoms with van der Waals surface area (Å²) in [5, 5.41) is 14.8. The molecule has 2 amide bonds. The van der Waals surface area contributed by atoms with Crippen molar-refractivity contribution in [3.8, 4) is 6.07 Å². The maximum Gasteiger partial charge on any atom is 0.349 e. The minimum absolute atomic E-state index is 0.183. The first-order chi connectivity index (χ1) is 15.4. The quantitative estimate of drug-likeness (QED) is 0.377. The summed E-state index contributed by atoms with van der Waals surface area (Å²) >= 11 is 0. The van der Waals surface area contributed by atoms with Crippen LogP contribution in [0, 0.1) is 11.3 Å². The third-order valence-corrected chi connectivity index (χ3v) is 4.75. The molecule has 0 heterocycles. The third-order valence-electron chi connectivity index (χ3n) is 4.75. The molecule has 0 spiro atoms. The number of ether oxygens (including phenoxy) is 1. The molecule has 0 aromatic heterocycles. The van der Waals surface area contributed by atoms with E-state index < -0.39 is 18.5 Å². The molecular formula is C24H24N4O4. The fourth-order valence-corrected chi connectivity index (χ4v) is 2.85. The van der Waals surface area contributed by atoms with Gasteiger partial charge in [0.25, 0.3) is 11.8 Å². The minimum Gasteiger partial charge on any atom is -0.451 e. The molecule has 2 aromatic rings. The molecule has 0 saturated heterocycles. The molecule has 0 aliphatic heterocycles. The van der Waals surface area contributed by atoms with Crippen molar-refractivity contribution >= 4 is 35.2 Å². The summed E-state index contributed by atoms with van der Waals surface area (Å²) in [6.45, 7) is -0.587. The number of para-hydroxylation sites is 1. The van der Waals surface area contributed by atoms with Gasteiger partial charge in [-0.1, -0.05) is 24.3 Å². The molecule has 1 fully saturated rings. The molecule has 2 aromatic carbocycles. The zero-order chi connectivity index (χ0) is 23.1. The standard InChI is InChI=1S/C24H24N4O4/c1-28(2)19-11-7-16(8-12-19)13-17(14-25)24(31)32-15-22(29)27-21-6-4-3-5-20(21)23(30)26-18-9-10-18/h3-8,11-13,18H,9-10,15H2,1-2H3,(H,26,30)(H,27,29)/b17-13-. The number of rotatable bonds is 8. The maximum absolute atomic E-state index is 12.3. The second kappa shape index (κ2) is 10.3. The number of hydrogen-bond acceptors (Lipinski definition) is 6. The van der Waals surface area contributed by atoms with E-state index in [9.17, 15) is 19.6 Å². The van der Waals surface area contributed by atoms with Gasteiger partial charge < -0.3 is 20.3 Å². The highest BCUT2D eigenvalue weighted by Crippen LogP contribution is 2.21. The highest BCUT2D eigenvalue weighted by molar-refractivity contribution is 6.05. The molecule has 164 valence electrons. The zero-order valence-electron chi connectivity index (χ0n) is 17.9. The first-order valence-corrected chi connectivity index (χ1v) is 10.1. The number of carbonyl (C=O) groups is 3. The highest BCUT2D eigenvalue weighted by Gasteiger charge is 2.25. The molecule has 8 nitrogen and oxygen atoms in total. The molecule has 0 bridgehead atoms. The second-order valence-electron chi connectivity index (χ2n) is 7.57. The molecule has 3 rings (SSSR count). The molecule has 8 heteroatoms. The summed E-state index contributed by atoms with van der Waals surface area (Å²) in [6, 6.07) is 15.8. The Balaban J connectivity index is 1.58. The summed E-state index contributed by atoms with van der Waals surface area (Å²) in [7, 11) is 3.82. The van der Waals surface area contributed by atoms with Crippen LogP contribution in [0.25, 0.3) is 6.08 Å². The SMILES string of the molecule is CN(C)c1ccc(/C=C(/C#N)C(=O)OCC(=O)Nc2ccccc2C(=O)NC2CC2)cc1. The van der Waals surface area contributed by atoms with Crippen LogP contribution >= 0.6 is 0 Å². The van der Waals surface area contributed by atoms with Crippen molar-refractivity contribution in [2.24, 2.45) is 0 Å². The number of anilines is 2. The van der Waals surface area contributed by atoms with E-state index in [1.54, 1.807) is 42.5 Å². The van der Waals surface area contributed by atoms with Gasteiger partial charge in [0, 0.05) is 25.8 Å². The maximum atomic E-state index is 12.3. The Labute approximate surface area is 186 Å². The van der Waals surface area contributed by atoms with Crippen LogP contribution in [0.5, 0.6) is 0 Å². The van der Waals surface area contributed by atoms with E-state index in [0.717, 1.165) is 18.5 Å². The largest absolute Gasteiger partial charge is 0.451 e. The van der Waals surface area contributed by atoms with Crippen LogP contribution in [0.1, 0.15) is 28.8 Å². The number of esters is 1. The summed E-state index contributed by atoms with van der Waals surface area (Å²) in [5.74, 6) is -1.79. The molecule has 0 atom stereocenters. The molecule has 2 N–H and O–H groups in total. The zero-order valence-corrected chi connectivity index (χ0v) is 17.9. The van der Waals surface area contributed by atoms with Gasteiger partial charge in [-0.05, 0) is 48.7 Å². The lowest BCUT2D eigenvalue weighted by Gasteiger charge is -2.12. The predicted molar refractivity (Wildman–Crippen MR) is 121 cm³/mol. The van der Waals surface area contributed by atoms with E-state index in [2.05, 4.69) is 10.6 Å². The van der Waals surface area contributed by atoms with Crippen LogP contribution in [0.2, 0.25) is 0 Å². The van der Waals surface area contributed by atoms with Gasteiger partial charge >= 0.3 is 5.97 Å². The summed E-state index contributed by atoms with van der Waals surface area (Å²) in [5.41, 5.74) is 2.07. The topological polar surface area (TPSA) is 112 Å². The van der Waals surface area contributed by atoms with Crippen LogP contribution in [0.3, 0.4) is 0 Å². The third kappa shape index (κ3) is 6.19. The van der Waals surface area contributed by atoms with Gasteiger partial charge in [-0.15, -0.1) is 0 Å². The van der Waals surface area contributed by atoms with E-state index >= 15 is 0 Å². The van der Waals surface area contributed by atoms with Gasteiger partial charge in [0.2, 0.25) is 0 Å². The van der Waals surface area contributed by atoms with Gasteiger partial charge in [-0.3, -0.25) is 9.59 Å². The molecule has 0 radical (unpaired) electrons. The molecule has 32 heavy (non-hydrogen) atoms. The number of nitriles is 1. The highest BCUT2D eigenvalue weighted by atomic mass is 16.5. The van der Waals surface area contributed by atoms with E-state index in [4.69, 9.17) is 4.74 Å². The fraction of sp³-hybridized carbons (Fsp3) is 0.250. The molecule has 1 aliphatic rings. The Morgan fingerprint density at radius 3 is 2.44 bits per heavy atom. The average molecular weight is 432 g/mol. The van der Waals surface area contributed by atoms with Gasteiger partial charge in [0.05, 0.1) is 11.3 Å². The summed E-state index contributed by atoms with van der Waals surface area (Å²) in [6.07, 6.45) is 3.30. The fourth-order valence-electron chi connectivity index (χ4n) is 2.85. The lowest BCUT2D eigenvalue weighted by molar-refractivity contribution is -0.142. The van der Waals surface area contributed by atoms with E-state index in [-0.39, 0.29) is 17.5 Å². The molecule has 1 aliphatic carbocycles. The van der Waals surface area contributed by atoms with Crippen LogP contribution in [-0.4, -0.2) is 44.5 Å². The Hall–Kier alpha value is -4.12. The number of carbonyl (C=O) groups excluding carboxylic acids is 3. The van der Waals surface area contributed by atoms with Crippen molar-refractivity contribution in [1.82, 2.24) is 5.32 Å². The van der Waals surface area contributed by atoms with Crippen LogP contribution < -0.4 is 15.5 Å². The summed E-state index contributed by atoms with van der Waals surface area (Å²) < 4.78 is 4.99. The Morgan fingerprint density at radius 2 is 1.81 bits per heavy atom. The number of nitrogens with one attached hydrogen (secondary N) is 2. The van der Waals surface area contributed by atoms with Crippen LogP contribution in [-0.2, 0) is 14.3 Å². The lowest BCUT2D eigenvalue weighted by Crippen LogP contribution is -2.28. The van der Waals surface area contributed by atoms with Crippen molar-refractivity contribution in [3.05, 3.63) is 65.2 Å². The van der Waals surface area contributed by atoms with Crippen molar-refractivity contribution in [3.63, 3.8) is 0 Å². The Kier molecular flexibility index (Phi) is 7.24. The molecule has 1 saturated carbocycles. The summed E-state index contributed by atoms with van der Waals surface area (Å²) in [4.78, 5) is 38.8. The van der Waals surface area contributed by atoms with Crippen molar-refractivity contribution < 1.29 is 19.1 Å². The predicted octanol–water partition coefficient (Wildman–Crippen LogP) is 2.73. The van der Waals surface area contributed by atoms with Gasteiger partial charge in [-0.25, -0.2) is 4.79 Å². The van der Waals surface area contributed by atoms with Crippen LogP contribution in [0.4, 0.5) is 11.4 Å². The van der Waals surface area contributed by atoms with Crippen molar-refractivity contribution in [2.75, 3.05) is 30.9 Å².